The Labute approximate surface area is 180 Å². The minimum Gasteiger partial charge on any atom is -0.496 e. The van der Waals surface area contributed by atoms with E-state index in [4.69, 9.17) is 14.2 Å². The molecule has 0 saturated heterocycles. The summed E-state index contributed by atoms with van der Waals surface area (Å²) in [5, 5.41) is 0. The van der Waals surface area contributed by atoms with Crippen molar-refractivity contribution in [2.75, 3.05) is 7.11 Å². The summed E-state index contributed by atoms with van der Waals surface area (Å²) in [6.07, 6.45) is 1.72. The Hall–Kier alpha value is -3.86. The topological polar surface area (TPSA) is 61.8 Å². The highest BCUT2D eigenvalue weighted by Crippen LogP contribution is 2.35. The maximum Gasteiger partial charge on any atom is 0.347 e. The van der Waals surface area contributed by atoms with Crippen LogP contribution in [0.2, 0.25) is 0 Å². The zero-order valence-corrected chi connectivity index (χ0v) is 17.5. The lowest BCUT2D eigenvalue weighted by Gasteiger charge is -2.08. The second-order valence-corrected chi connectivity index (χ2v) is 7.51. The molecule has 1 aliphatic heterocycles. The fourth-order valence-corrected chi connectivity index (χ4v) is 3.33. The van der Waals surface area contributed by atoms with Gasteiger partial charge in [-0.25, -0.2) is 4.79 Å². The second kappa shape index (κ2) is 8.48. The quantitative estimate of drug-likeness (QED) is 0.307. The zero-order chi connectivity index (χ0) is 22.0. The third kappa shape index (κ3) is 4.21. The number of allylic oxidation sites excluding steroid dienone is 1. The summed E-state index contributed by atoms with van der Waals surface area (Å²) < 4.78 is 16.4. The zero-order valence-electron chi connectivity index (χ0n) is 17.5. The molecular formula is C26H22O5. The molecule has 0 aliphatic carbocycles. The monoisotopic (exact) mass is 414 g/mol. The highest BCUT2D eigenvalue weighted by molar-refractivity contribution is 6.14. The van der Waals surface area contributed by atoms with Gasteiger partial charge in [-0.15, -0.1) is 0 Å². The third-order valence-electron chi connectivity index (χ3n) is 5.08. The Balaban J connectivity index is 1.53. The second-order valence-electron chi connectivity index (χ2n) is 7.51. The number of carbonyl (C=O) groups excluding carboxylic acids is 2. The number of methoxy groups -OCH3 is 1. The Kier molecular flexibility index (Phi) is 5.58. The van der Waals surface area contributed by atoms with Gasteiger partial charge in [0.1, 0.15) is 22.8 Å². The summed E-state index contributed by atoms with van der Waals surface area (Å²) in [4.78, 5) is 25.2. The lowest BCUT2D eigenvalue weighted by atomic mass is 10.0. The summed E-state index contributed by atoms with van der Waals surface area (Å²) >= 11 is 0. The highest BCUT2D eigenvalue weighted by Gasteiger charge is 2.28. The maximum atomic E-state index is 12.7. The van der Waals surface area contributed by atoms with E-state index in [1.807, 2.05) is 24.3 Å². The SMILES string of the molecule is COc1ccccc1C(=O)Oc1ccc2c(c1)O/C(=C\c1ccc(C(C)C)cc1)C2=O. The minimum atomic E-state index is -0.553. The normalized spacial score (nSPS) is 13.8. The van der Waals surface area contributed by atoms with Gasteiger partial charge in [-0.05, 0) is 47.4 Å². The molecule has 0 N–H and O–H groups in total. The Bertz CT molecular complexity index is 1170. The summed E-state index contributed by atoms with van der Waals surface area (Å²) in [5.41, 5.74) is 2.85. The van der Waals surface area contributed by atoms with Crippen molar-refractivity contribution < 1.29 is 23.8 Å². The fraction of sp³-hybridized carbons (Fsp3) is 0.154. The van der Waals surface area contributed by atoms with Crippen LogP contribution in [0.5, 0.6) is 17.2 Å². The van der Waals surface area contributed by atoms with E-state index in [2.05, 4.69) is 13.8 Å². The number of hydrogen-bond donors (Lipinski definition) is 0. The van der Waals surface area contributed by atoms with Crippen LogP contribution in [-0.2, 0) is 0 Å². The van der Waals surface area contributed by atoms with E-state index < -0.39 is 5.97 Å². The van der Waals surface area contributed by atoms with Crippen LogP contribution in [0.4, 0.5) is 0 Å². The van der Waals surface area contributed by atoms with Gasteiger partial charge in [0.15, 0.2) is 5.76 Å². The van der Waals surface area contributed by atoms with Crippen molar-refractivity contribution in [1.82, 2.24) is 0 Å². The molecule has 1 aliphatic rings. The molecule has 3 aromatic rings. The number of ether oxygens (including phenoxy) is 3. The molecule has 3 aromatic carbocycles. The van der Waals surface area contributed by atoms with Gasteiger partial charge in [0.05, 0.1) is 12.7 Å². The van der Waals surface area contributed by atoms with Crippen molar-refractivity contribution in [2.24, 2.45) is 0 Å². The molecular weight excluding hydrogens is 392 g/mol. The molecule has 0 fully saturated rings. The van der Waals surface area contributed by atoms with E-state index in [9.17, 15) is 9.59 Å². The van der Waals surface area contributed by atoms with Gasteiger partial charge >= 0.3 is 5.97 Å². The molecule has 0 unspecified atom stereocenters. The number of para-hydroxylation sites is 1. The number of benzene rings is 3. The van der Waals surface area contributed by atoms with Crippen molar-refractivity contribution in [3.8, 4) is 17.2 Å². The smallest absolute Gasteiger partial charge is 0.347 e. The summed E-state index contributed by atoms with van der Waals surface area (Å²) in [5.74, 6) is 0.986. The van der Waals surface area contributed by atoms with Crippen LogP contribution >= 0.6 is 0 Å². The van der Waals surface area contributed by atoms with E-state index in [-0.39, 0.29) is 17.3 Å². The number of hydrogen-bond acceptors (Lipinski definition) is 5. The van der Waals surface area contributed by atoms with Gasteiger partial charge in [-0.1, -0.05) is 50.2 Å². The van der Waals surface area contributed by atoms with Gasteiger partial charge < -0.3 is 14.2 Å². The van der Waals surface area contributed by atoms with E-state index in [0.29, 0.717) is 28.5 Å². The highest BCUT2D eigenvalue weighted by atomic mass is 16.5. The first-order chi connectivity index (χ1) is 15.0. The number of rotatable bonds is 5. The lowest BCUT2D eigenvalue weighted by molar-refractivity contribution is 0.0731. The Morgan fingerprint density at radius 1 is 1.00 bits per heavy atom. The first-order valence-corrected chi connectivity index (χ1v) is 9.99. The molecule has 156 valence electrons. The fourth-order valence-electron chi connectivity index (χ4n) is 3.33. The average Bonchev–Trinajstić information content (AvgIpc) is 3.08. The molecule has 0 saturated carbocycles. The number of Topliss-reactive ketones (excluding diaryl/α,β-unsaturated/α-hetero) is 1. The first-order valence-electron chi connectivity index (χ1n) is 9.99. The predicted octanol–water partition coefficient (Wildman–Crippen LogP) is 5.65. The van der Waals surface area contributed by atoms with E-state index in [1.54, 1.807) is 48.5 Å². The first kappa shape index (κ1) is 20.4. The summed E-state index contributed by atoms with van der Waals surface area (Å²) in [7, 11) is 1.49. The molecule has 0 spiro atoms. The van der Waals surface area contributed by atoms with Gasteiger partial charge in [0.2, 0.25) is 5.78 Å². The third-order valence-corrected chi connectivity index (χ3v) is 5.08. The largest absolute Gasteiger partial charge is 0.496 e. The van der Waals surface area contributed by atoms with Crippen molar-refractivity contribution in [1.29, 1.82) is 0 Å². The summed E-state index contributed by atoms with van der Waals surface area (Å²) in [6.45, 7) is 4.26. The van der Waals surface area contributed by atoms with Gasteiger partial charge in [-0.2, -0.15) is 0 Å². The Morgan fingerprint density at radius 2 is 1.74 bits per heavy atom. The Morgan fingerprint density at radius 3 is 2.45 bits per heavy atom. The van der Waals surface area contributed by atoms with Gasteiger partial charge in [0.25, 0.3) is 0 Å². The minimum absolute atomic E-state index is 0.203. The van der Waals surface area contributed by atoms with Crippen LogP contribution in [0.25, 0.3) is 6.08 Å². The van der Waals surface area contributed by atoms with Crippen LogP contribution in [0.3, 0.4) is 0 Å². The molecule has 0 atom stereocenters. The maximum absolute atomic E-state index is 12.7. The van der Waals surface area contributed by atoms with Crippen molar-refractivity contribution >= 4 is 17.8 Å². The van der Waals surface area contributed by atoms with Crippen LogP contribution in [0, 0.1) is 0 Å². The van der Waals surface area contributed by atoms with E-state index >= 15 is 0 Å². The number of esters is 1. The molecule has 5 nitrogen and oxygen atoms in total. The molecule has 1 heterocycles. The van der Waals surface area contributed by atoms with Gasteiger partial charge in [-0.3, -0.25) is 4.79 Å². The van der Waals surface area contributed by atoms with Crippen LogP contribution in [0.15, 0.2) is 72.5 Å². The van der Waals surface area contributed by atoms with Crippen LogP contribution < -0.4 is 14.2 Å². The summed E-state index contributed by atoms with van der Waals surface area (Å²) in [6, 6.07) is 19.5. The average molecular weight is 414 g/mol. The van der Waals surface area contributed by atoms with Gasteiger partial charge in [0, 0.05) is 6.07 Å². The number of carbonyl (C=O) groups is 2. The molecule has 0 radical (unpaired) electrons. The number of ketones is 1. The lowest BCUT2D eigenvalue weighted by Crippen LogP contribution is -2.10. The van der Waals surface area contributed by atoms with Crippen LogP contribution in [-0.4, -0.2) is 18.9 Å². The molecule has 5 heteroatoms. The van der Waals surface area contributed by atoms with E-state index in [0.717, 1.165) is 5.56 Å². The van der Waals surface area contributed by atoms with E-state index in [1.165, 1.54) is 12.7 Å². The standard InChI is InChI=1S/C26H22O5/c1-16(2)18-10-8-17(9-11-18)14-24-25(27)20-13-12-19(15-23(20)31-24)30-26(28)21-6-4-5-7-22(21)29-3/h4-16H,1-3H3/b24-14-. The molecule has 31 heavy (non-hydrogen) atoms. The van der Waals surface area contributed by atoms with Crippen molar-refractivity contribution in [3.63, 3.8) is 0 Å². The molecule has 4 rings (SSSR count). The predicted molar refractivity (Wildman–Crippen MR) is 118 cm³/mol. The molecule has 0 aromatic heterocycles. The number of fused-ring (bicyclic) bond motifs is 1. The van der Waals surface area contributed by atoms with Crippen molar-refractivity contribution in [3.05, 3.63) is 94.7 Å². The molecule has 0 bridgehead atoms. The van der Waals surface area contributed by atoms with Crippen molar-refractivity contribution in [2.45, 2.75) is 19.8 Å². The van der Waals surface area contributed by atoms with Crippen LogP contribution in [0.1, 0.15) is 51.6 Å². The molecule has 0 amide bonds.